The van der Waals surface area contributed by atoms with Gasteiger partial charge >= 0.3 is 6.18 Å². The molecule has 126 valence electrons. The van der Waals surface area contributed by atoms with Crippen LogP contribution in [0.5, 0.6) is 0 Å². The van der Waals surface area contributed by atoms with Crippen molar-refractivity contribution < 1.29 is 22.7 Å². The maximum atomic E-state index is 13.8. The topological polar surface area (TPSA) is 46.2 Å². The number of rotatable bonds is 4. The number of benzene rings is 2. The molecule has 0 aliphatic carbocycles. The van der Waals surface area contributed by atoms with Gasteiger partial charge in [-0.2, -0.15) is 13.2 Å². The average Bonchev–Trinajstić information content (AvgIpc) is 2.46. The van der Waals surface area contributed by atoms with Crippen LogP contribution in [0, 0.1) is 5.82 Å². The third-order valence-electron chi connectivity index (χ3n) is 3.39. The van der Waals surface area contributed by atoms with Gasteiger partial charge in [0.05, 0.1) is 17.7 Å². The fourth-order valence-corrected chi connectivity index (χ4v) is 2.16. The zero-order chi connectivity index (χ0) is 16.3. The van der Waals surface area contributed by atoms with Crippen molar-refractivity contribution in [3.05, 3.63) is 71.0 Å². The second-order valence-corrected chi connectivity index (χ2v) is 5.02. The molecule has 0 aliphatic rings. The fourth-order valence-electron chi connectivity index (χ4n) is 2.16. The predicted molar refractivity (Wildman–Crippen MR) is 81.7 cm³/mol. The van der Waals surface area contributed by atoms with E-state index in [1.54, 1.807) is 24.3 Å². The molecule has 2 nitrogen and oxygen atoms in total. The summed E-state index contributed by atoms with van der Waals surface area (Å²) < 4.78 is 51.3. The highest BCUT2D eigenvalue weighted by atomic mass is 35.5. The Morgan fingerprint density at radius 1 is 1.04 bits per heavy atom. The van der Waals surface area contributed by atoms with E-state index < -0.39 is 29.7 Å². The minimum atomic E-state index is -4.62. The number of hydrogen-bond acceptors (Lipinski definition) is 2. The first-order chi connectivity index (χ1) is 10.3. The van der Waals surface area contributed by atoms with E-state index in [2.05, 4.69) is 0 Å². The van der Waals surface area contributed by atoms with Gasteiger partial charge < -0.3 is 10.8 Å². The highest BCUT2D eigenvalue weighted by molar-refractivity contribution is 5.85. The summed E-state index contributed by atoms with van der Waals surface area (Å²) in [5, 5.41) is 10.1. The molecule has 0 aromatic heterocycles. The summed E-state index contributed by atoms with van der Waals surface area (Å²) in [6.07, 6.45) is -5.54. The molecule has 0 amide bonds. The van der Waals surface area contributed by atoms with Crippen LogP contribution in [0.4, 0.5) is 17.6 Å². The van der Waals surface area contributed by atoms with Gasteiger partial charge in [-0.1, -0.05) is 36.4 Å². The quantitative estimate of drug-likeness (QED) is 0.823. The molecule has 0 radical (unpaired) electrons. The third kappa shape index (κ3) is 4.92. The van der Waals surface area contributed by atoms with Crippen LogP contribution in [0.2, 0.25) is 0 Å². The lowest BCUT2D eigenvalue weighted by Gasteiger charge is -2.20. The molecule has 0 bridgehead atoms. The van der Waals surface area contributed by atoms with Crippen molar-refractivity contribution in [1.29, 1.82) is 0 Å². The zero-order valence-corrected chi connectivity index (χ0v) is 12.7. The van der Waals surface area contributed by atoms with Gasteiger partial charge in [-0.15, -0.1) is 12.4 Å². The Morgan fingerprint density at radius 2 is 1.65 bits per heavy atom. The smallest absolute Gasteiger partial charge is 0.391 e. The summed E-state index contributed by atoms with van der Waals surface area (Å²) in [7, 11) is 0. The van der Waals surface area contributed by atoms with Gasteiger partial charge in [0.2, 0.25) is 0 Å². The highest BCUT2D eigenvalue weighted by Gasteiger charge is 2.32. The number of aliphatic hydroxyl groups excluding tert-OH is 1. The lowest BCUT2D eigenvalue weighted by molar-refractivity contribution is -0.137. The number of nitrogens with two attached hydrogens (primary N) is 1. The van der Waals surface area contributed by atoms with E-state index in [0.29, 0.717) is 6.07 Å². The lowest BCUT2D eigenvalue weighted by Crippen LogP contribution is -2.29. The van der Waals surface area contributed by atoms with Gasteiger partial charge in [0.1, 0.15) is 5.82 Å². The van der Waals surface area contributed by atoms with Gasteiger partial charge in [-0.25, -0.2) is 4.39 Å². The van der Waals surface area contributed by atoms with Crippen molar-refractivity contribution in [3.8, 4) is 0 Å². The Morgan fingerprint density at radius 3 is 2.17 bits per heavy atom. The molecule has 0 saturated carbocycles. The minimum absolute atomic E-state index is 0. The Bertz CT molecular complexity index is 634. The van der Waals surface area contributed by atoms with Gasteiger partial charge in [-0.05, 0) is 17.7 Å². The summed E-state index contributed by atoms with van der Waals surface area (Å²) in [6, 6.07) is 9.94. The Balaban J connectivity index is 0.00000264. The standard InChI is InChI=1S/C16H15F4NO.ClH/c17-13-9-11(16(18,19)20)6-7-12(13)15(21)14(22)8-10-4-2-1-3-5-10;/h1-7,9,14-15,22H,8,21H2;1H/t14-,15+;/m0./s1. The predicted octanol–water partition coefficient (Wildman–Crippen LogP) is 3.87. The second-order valence-electron chi connectivity index (χ2n) is 5.02. The Hall–Kier alpha value is -1.63. The van der Waals surface area contributed by atoms with Crippen molar-refractivity contribution in [2.24, 2.45) is 5.73 Å². The van der Waals surface area contributed by atoms with Crippen molar-refractivity contribution in [3.63, 3.8) is 0 Å². The lowest BCUT2D eigenvalue weighted by atomic mass is 9.95. The number of aliphatic hydroxyl groups is 1. The van der Waals surface area contributed by atoms with Gasteiger partial charge in [0.25, 0.3) is 0 Å². The number of hydrogen-bond donors (Lipinski definition) is 2. The maximum Gasteiger partial charge on any atom is 0.416 e. The van der Waals surface area contributed by atoms with E-state index in [4.69, 9.17) is 5.73 Å². The summed E-state index contributed by atoms with van der Waals surface area (Å²) >= 11 is 0. The van der Waals surface area contributed by atoms with Crippen LogP contribution in [0.1, 0.15) is 22.7 Å². The number of halogens is 5. The molecule has 0 unspecified atom stereocenters. The maximum absolute atomic E-state index is 13.8. The molecule has 0 fully saturated rings. The molecule has 2 aromatic rings. The van der Waals surface area contributed by atoms with E-state index in [9.17, 15) is 22.7 Å². The van der Waals surface area contributed by atoms with Crippen LogP contribution in [0.25, 0.3) is 0 Å². The van der Waals surface area contributed by atoms with Crippen molar-refractivity contribution >= 4 is 12.4 Å². The first kappa shape index (κ1) is 19.4. The average molecular weight is 350 g/mol. The van der Waals surface area contributed by atoms with E-state index in [1.165, 1.54) is 0 Å². The van der Waals surface area contributed by atoms with E-state index in [1.807, 2.05) is 6.07 Å². The monoisotopic (exact) mass is 349 g/mol. The summed E-state index contributed by atoms with van der Waals surface area (Å²) in [6.45, 7) is 0. The molecule has 23 heavy (non-hydrogen) atoms. The third-order valence-corrected chi connectivity index (χ3v) is 3.39. The molecule has 0 aliphatic heterocycles. The van der Waals surface area contributed by atoms with Crippen LogP contribution < -0.4 is 5.73 Å². The molecular formula is C16H16ClF4NO. The van der Waals surface area contributed by atoms with Crippen LogP contribution >= 0.6 is 12.4 Å². The van der Waals surface area contributed by atoms with Crippen LogP contribution in [0.3, 0.4) is 0 Å². The molecule has 0 spiro atoms. The molecule has 2 atom stereocenters. The van der Waals surface area contributed by atoms with Gasteiger partial charge in [0, 0.05) is 12.0 Å². The molecular weight excluding hydrogens is 334 g/mol. The summed E-state index contributed by atoms with van der Waals surface area (Å²) in [5.74, 6) is -1.07. The molecule has 0 heterocycles. The first-order valence-corrected chi connectivity index (χ1v) is 6.63. The molecule has 0 saturated heterocycles. The van der Waals surface area contributed by atoms with E-state index >= 15 is 0 Å². The van der Waals surface area contributed by atoms with Gasteiger partial charge in [0.15, 0.2) is 0 Å². The van der Waals surface area contributed by atoms with E-state index in [0.717, 1.165) is 17.7 Å². The molecule has 3 N–H and O–H groups in total. The van der Waals surface area contributed by atoms with Crippen molar-refractivity contribution in [1.82, 2.24) is 0 Å². The second kappa shape index (κ2) is 7.77. The first-order valence-electron chi connectivity index (χ1n) is 6.63. The number of alkyl halides is 3. The zero-order valence-electron chi connectivity index (χ0n) is 11.9. The SMILES string of the molecule is Cl.N[C@H](c1ccc(C(F)(F)F)cc1F)[C@@H](O)Cc1ccccc1. The molecule has 2 aromatic carbocycles. The van der Waals surface area contributed by atoms with Crippen molar-refractivity contribution in [2.75, 3.05) is 0 Å². The minimum Gasteiger partial charge on any atom is -0.391 e. The molecule has 7 heteroatoms. The van der Waals surface area contributed by atoms with Crippen LogP contribution in [-0.2, 0) is 12.6 Å². The van der Waals surface area contributed by atoms with Crippen LogP contribution in [-0.4, -0.2) is 11.2 Å². The molecule has 2 rings (SSSR count). The van der Waals surface area contributed by atoms with Gasteiger partial charge in [-0.3, -0.25) is 0 Å². The summed E-state index contributed by atoms with van der Waals surface area (Å²) in [5.41, 5.74) is 5.35. The normalized spacial score (nSPS) is 14.0. The van der Waals surface area contributed by atoms with Crippen LogP contribution in [0.15, 0.2) is 48.5 Å². The highest BCUT2D eigenvalue weighted by Crippen LogP contribution is 2.31. The Labute approximate surface area is 137 Å². The Kier molecular flexibility index (Phi) is 6.56. The largest absolute Gasteiger partial charge is 0.416 e. The van der Waals surface area contributed by atoms with E-state index in [-0.39, 0.29) is 24.4 Å². The fraction of sp³-hybridized carbons (Fsp3) is 0.250. The summed E-state index contributed by atoms with van der Waals surface area (Å²) in [4.78, 5) is 0. The van der Waals surface area contributed by atoms with Crippen molar-refractivity contribution in [2.45, 2.75) is 24.7 Å².